The van der Waals surface area contributed by atoms with Crippen LogP contribution in [0.3, 0.4) is 0 Å². The van der Waals surface area contributed by atoms with Gasteiger partial charge in [0.1, 0.15) is 5.60 Å². The Kier molecular flexibility index (Phi) is 5.75. The molecule has 0 saturated heterocycles. The first-order valence-corrected chi connectivity index (χ1v) is 13.9. The van der Waals surface area contributed by atoms with Gasteiger partial charge in [0.2, 0.25) is 0 Å². The van der Waals surface area contributed by atoms with Crippen LogP contribution >= 0.6 is 0 Å². The number of rotatable bonds is 5. The second-order valence-electron chi connectivity index (χ2n) is 12.3. The average Bonchev–Trinajstić information content (AvgIpc) is 3.38. The number of ketones is 2. The molecule has 0 radical (unpaired) electrons. The lowest BCUT2D eigenvalue weighted by molar-refractivity contribution is -0.156. The van der Waals surface area contributed by atoms with Crippen LogP contribution < -0.4 is 4.90 Å². The molecule has 0 bridgehead atoms. The maximum absolute atomic E-state index is 13.4. The van der Waals surface area contributed by atoms with Gasteiger partial charge < -0.3 is 15.1 Å². The molecule has 4 aliphatic carbocycles. The number of allylic oxidation sites excluding steroid dienone is 4. The molecule has 0 amide bonds. The predicted molar refractivity (Wildman–Crippen MR) is 141 cm³/mol. The molecule has 5 aliphatic rings. The number of carboxylic acid groups (broad SMARTS) is 1. The van der Waals surface area contributed by atoms with E-state index >= 15 is 0 Å². The van der Waals surface area contributed by atoms with Crippen molar-refractivity contribution in [1.82, 2.24) is 0 Å². The lowest BCUT2D eigenvalue weighted by Gasteiger charge is -2.54. The summed E-state index contributed by atoms with van der Waals surface area (Å²) in [5, 5.41) is 21.2. The molecule has 1 aliphatic heterocycles. The second-order valence-corrected chi connectivity index (χ2v) is 12.3. The van der Waals surface area contributed by atoms with Crippen LogP contribution in [0.1, 0.15) is 81.8 Å². The minimum atomic E-state index is -1.50. The second kappa shape index (κ2) is 8.65. The minimum absolute atomic E-state index is 0.0752. The smallest absolute Gasteiger partial charge is 0.303 e. The number of benzene rings is 1. The highest BCUT2D eigenvalue weighted by Crippen LogP contribution is 2.67. The van der Waals surface area contributed by atoms with Crippen molar-refractivity contribution in [3.8, 4) is 0 Å². The fourth-order valence-corrected chi connectivity index (χ4v) is 8.65. The zero-order valence-corrected chi connectivity index (χ0v) is 21.9. The number of carbonyl (C=O) groups is 3. The number of aliphatic hydroxyl groups is 1. The van der Waals surface area contributed by atoms with Crippen LogP contribution in [0.15, 0.2) is 41.0 Å². The summed E-state index contributed by atoms with van der Waals surface area (Å²) in [4.78, 5) is 39.2. The molecule has 196 valence electrons. The fraction of sp³-hybridized carbons (Fsp3) is 0.581. The van der Waals surface area contributed by atoms with Crippen molar-refractivity contribution >= 4 is 23.2 Å². The lowest BCUT2D eigenvalue weighted by Crippen LogP contribution is -2.55. The van der Waals surface area contributed by atoms with E-state index in [0.29, 0.717) is 19.3 Å². The third kappa shape index (κ3) is 3.66. The molecule has 5 atom stereocenters. The fourth-order valence-electron chi connectivity index (χ4n) is 8.65. The molecule has 2 N–H and O–H groups in total. The summed E-state index contributed by atoms with van der Waals surface area (Å²) >= 11 is 0. The molecular formula is C31H37NO5. The zero-order chi connectivity index (χ0) is 26.1. The molecule has 1 heterocycles. The molecule has 6 heteroatoms. The molecule has 1 aromatic carbocycles. The minimum Gasteiger partial charge on any atom is -0.481 e. The lowest BCUT2D eigenvalue weighted by atomic mass is 9.50. The number of fused-ring (bicyclic) bond motifs is 5. The summed E-state index contributed by atoms with van der Waals surface area (Å²) in [6, 6.07) is 6.78. The van der Waals surface area contributed by atoms with Crippen LogP contribution in [0.4, 0.5) is 5.69 Å². The van der Waals surface area contributed by atoms with Gasteiger partial charge in [-0.2, -0.15) is 0 Å². The predicted octanol–water partition coefficient (Wildman–Crippen LogP) is 4.74. The van der Waals surface area contributed by atoms with Gasteiger partial charge in [-0.15, -0.1) is 0 Å². The van der Waals surface area contributed by atoms with Gasteiger partial charge in [-0.25, -0.2) is 0 Å². The first-order chi connectivity index (χ1) is 17.6. The summed E-state index contributed by atoms with van der Waals surface area (Å²) < 4.78 is 0. The highest BCUT2D eigenvalue weighted by molar-refractivity contribution is 5.93. The van der Waals surface area contributed by atoms with Crippen LogP contribution in [0.25, 0.3) is 0 Å². The highest BCUT2D eigenvalue weighted by atomic mass is 16.4. The number of likely N-dealkylation sites (N-methyl/N-ethyl adjacent to an activating group) is 1. The largest absolute Gasteiger partial charge is 0.481 e. The van der Waals surface area contributed by atoms with Crippen LogP contribution in [0, 0.1) is 17.3 Å². The van der Waals surface area contributed by atoms with Crippen molar-refractivity contribution in [3.63, 3.8) is 0 Å². The van der Waals surface area contributed by atoms with Gasteiger partial charge >= 0.3 is 5.97 Å². The molecule has 37 heavy (non-hydrogen) atoms. The number of nitrogens with zero attached hydrogens (tertiary/aromatic N) is 1. The number of carboxylic acids is 1. The first kappa shape index (κ1) is 24.6. The normalized spacial score (nSPS) is 34.5. The number of anilines is 1. The Morgan fingerprint density at radius 1 is 1.11 bits per heavy atom. The van der Waals surface area contributed by atoms with E-state index in [2.05, 4.69) is 37.1 Å². The summed E-state index contributed by atoms with van der Waals surface area (Å²) in [6.07, 6.45) is 7.48. The van der Waals surface area contributed by atoms with Crippen molar-refractivity contribution in [1.29, 1.82) is 0 Å². The number of Topliss-reactive ketones (excluding diaryl/α,β-unsaturated/α-hetero) is 1. The van der Waals surface area contributed by atoms with Crippen molar-refractivity contribution < 1.29 is 24.6 Å². The van der Waals surface area contributed by atoms with Gasteiger partial charge in [0, 0.05) is 43.5 Å². The van der Waals surface area contributed by atoms with E-state index < -0.39 is 17.0 Å². The number of hydrogen-bond acceptors (Lipinski definition) is 5. The van der Waals surface area contributed by atoms with E-state index in [1.54, 1.807) is 0 Å². The average molecular weight is 504 g/mol. The standard InChI is InChI=1S/C31H37NO5/c1-30-17-24(18-4-8-26-20(15-18)12-14-32(26)2)29-22-7-5-21(33)16-19(22)3-6-23(29)25(30)11-13-31(30,37)27(34)9-10-28(35)36/h4,8,15-16,23-25,37H,3,5-7,9-14,17H2,1-2H3,(H,35,36)/t23-,24?,25-,30-,31-/m0/s1. The third-order valence-corrected chi connectivity index (χ3v) is 10.5. The Labute approximate surface area is 218 Å². The topological polar surface area (TPSA) is 94.9 Å². The van der Waals surface area contributed by atoms with Crippen LogP contribution in [-0.4, -0.2) is 46.9 Å². The van der Waals surface area contributed by atoms with E-state index in [-0.39, 0.29) is 42.2 Å². The van der Waals surface area contributed by atoms with Gasteiger partial charge in [-0.3, -0.25) is 14.4 Å². The number of hydrogen-bond donors (Lipinski definition) is 2. The van der Waals surface area contributed by atoms with Crippen molar-refractivity contribution in [2.24, 2.45) is 17.3 Å². The number of aliphatic carboxylic acids is 1. The Balaban J connectivity index is 1.47. The van der Waals surface area contributed by atoms with Gasteiger partial charge in [0.05, 0.1) is 6.42 Å². The zero-order valence-electron chi connectivity index (χ0n) is 21.9. The Morgan fingerprint density at radius 3 is 2.70 bits per heavy atom. The van der Waals surface area contributed by atoms with E-state index in [0.717, 1.165) is 38.6 Å². The van der Waals surface area contributed by atoms with E-state index in [4.69, 9.17) is 0 Å². The SMILES string of the molecule is CN1CCc2cc(C3C[C@@]4(C)[C@@H](CC[C@]4(O)C(=O)CCC(=O)O)[C@@H]4CCC5=CC(=O)CCC5=C34)ccc21. The molecular weight excluding hydrogens is 466 g/mol. The van der Waals surface area contributed by atoms with E-state index in [1.165, 1.54) is 33.5 Å². The molecule has 6 rings (SSSR count). The Bertz CT molecular complexity index is 1260. The van der Waals surface area contributed by atoms with E-state index in [1.807, 2.05) is 6.08 Å². The van der Waals surface area contributed by atoms with Crippen molar-refractivity contribution in [2.45, 2.75) is 82.7 Å². The third-order valence-electron chi connectivity index (χ3n) is 10.5. The quantitative estimate of drug-likeness (QED) is 0.603. The first-order valence-electron chi connectivity index (χ1n) is 13.9. The van der Waals surface area contributed by atoms with Crippen molar-refractivity contribution in [3.05, 3.63) is 52.1 Å². The molecule has 6 nitrogen and oxygen atoms in total. The number of carbonyl (C=O) groups excluding carboxylic acids is 2. The van der Waals surface area contributed by atoms with Crippen molar-refractivity contribution in [2.75, 3.05) is 18.5 Å². The van der Waals surface area contributed by atoms with E-state index in [9.17, 15) is 24.6 Å². The maximum atomic E-state index is 13.4. The maximum Gasteiger partial charge on any atom is 0.303 e. The highest BCUT2D eigenvalue weighted by Gasteiger charge is 2.65. The monoisotopic (exact) mass is 503 g/mol. The molecule has 0 aromatic heterocycles. The summed E-state index contributed by atoms with van der Waals surface area (Å²) in [7, 11) is 2.12. The summed E-state index contributed by atoms with van der Waals surface area (Å²) in [5.41, 5.74) is 5.73. The molecule has 1 unspecified atom stereocenters. The summed E-state index contributed by atoms with van der Waals surface area (Å²) in [6.45, 7) is 3.10. The summed E-state index contributed by atoms with van der Waals surface area (Å²) in [5.74, 6) is -0.594. The van der Waals surface area contributed by atoms with Crippen LogP contribution in [-0.2, 0) is 20.8 Å². The van der Waals surface area contributed by atoms with Crippen LogP contribution in [0.2, 0.25) is 0 Å². The van der Waals surface area contributed by atoms with Gasteiger partial charge in [0.15, 0.2) is 11.6 Å². The van der Waals surface area contributed by atoms with Gasteiger partial charge in [-0.05, 0) is 91.2 Å². The Morgan fingerprint density at radius 2 is 1.92 bits per heavy atom. The van der Waals surface area contributed by atoms with Crippen LogP contribution in [0.5, 0.6) is 0 Å². The van der Waals surface area contributed by atoms with Gasteiger partial charge in [0.25, 0.3) is 0 Å². The molecule has 2 saturated carbocycles. The Hall–Kier alpha value is -2.73. The molecule has 2 fully saturated rings. The molecule has 0 spiro atoms. The molecule has 1 aromatic rings. The van der Waals surface area contributed by atoms with Gasteiger partial charge in [-0.1, -0.05) is 24.6 Å².